The minimum absolute atomic E-state index is 0.0690. The Morgan fingerprint density at radius 1 is 1.33 bits per heavy atom. The molecule has 1 unspecified atom stereocenters. The summed E-state index contributed by atoms with van der Waals surface area (Å²) >= 11 is 1.46. The number of piperidine rings is 3. The summed E-state index contributed by atoms with van der Waals surface area (Å²) < 4.78 is 7.68. The van der Waals surface area contributed by atoms with Crippen molar-refractivity contribution in [2.75, 3.05) is 18.4 Å². The Labute approximate surface area is 178 Å². The smallest absolute Gasteiger partial charge is 0.235 e. The fourth-order valence-corrected chi connectivity index (χ4v) is 5.23. The van der Waals surface area contributed by atoms with E-state index < -0.39 is 0 Å². The van der Waals surface area contributed by atoms with Gasteiger partial charge in [-0.25, -0.2) is 9.67 Å². The van der Waals surface area contributed by atoms with Crippen LogP contribution in [-0.4, -0.2) is 45.0 Å². The predicted octanol–water partition coefficient (Wildman–Crippen LogP) is 1.25. The third-order valence-corrected chi connectivity index (χ3v) is 6.86. The SMILES string of the molecule is O=C(Nc1nccs1)[C@H]1C[NH+]2CC[C@@H]1C[C@@H]2Cn1cc(COc2ccccc2)nn1. The minimum Gasteiger partial charge on any atom is -0.487 e. The number of rotatable bonds is 7. The van der Waals surface area contributed by atoms with Gasteiger partial charge in [0.05, 0.1) is 31.7 Å². The van der Waals surface area contributed by atoms with Gasteiger partial charge in [0.2, 0.25) is 5.91 Å². The number of aromatic nitrogens is 4. The lowest BCUT2D eigenvalue weighted by Crippen LogP contribution is -3.20. The van der Waals surface area contributed by atoms with Gasteiger partial charge in [0, 0.05) is 24.4 Å². The van der Waals surface area contributed by atoms with Crippen molar-refractivity contribution in [1.29, 1.82) is 0 Å². The van der Waals surface area contributed by atoms with Crippen LogP contribution in [-0.2, 0) is 17.9 Å². The van der Waals surface area contributed by atoms with Crippen LogP contribution in [0.5, 0.6) is 5.75 Å². The summed E-state index contributed by atoms with van der Waals surface area (Å²) in [5.74, 6) is 1.44. The molecule has 3 aliphatic rings. The zero-order chi connectivity index (χ0) is 20.3. The van der Waals surface area contributed by atoms with Crippen LogP contribution in [0.3, 0.4) is 0 Å². The average Bonchev–Trinajstić information content (AvgIpc) is 3.45. The van der Waals surface area contributed by atoms with E-state index in [1.165, 1.54) is 16.2 Å². The van der Waals surface area contributed by atoms with Crippen molar-refractivity contribution in [3.8, 4) is 5.75 Å². The van der Waals surface area contributed by atoms with Gasteiger partial charge in [-0.2, -0.15) is 0 Å². The van der Waals surface area contributed by atoms with Gasteiger partial charge in [-0.15, -0.1) is 16.4 Å². The van der Waals surface area contributed by atoms with E-state index in [1.807, 2.05) is 46.6 Å². The number of anilines is 1. The largest absolute Gasteiger partial charge is 0.487 e. The molecule has 2 N–H and O–H groups in total. The predicted molar refractivity (Wildman–Crippen MR) is 112 cm³/mol. The van der Waals surface area contributed by atoms with Crippen LogP contribution in [0.15, 0.2) is 48.1 Å². The Bertz CT molecular complexity index is 977. The maximum atomic E-state index is 12.7. The minimum atomic E-state index is 0.0690. The summed E-state index contributed by atoms with van der Waals surface area (Å²) in [6, 6.07) is 10.2. The topological polar surface area (TPSA) is 86.4 Å². The third kappa shape index (κ3) is 4.22. The van der Waals surface area contributed by atoms with E-state index in [-0.39, 0.29) is 11.8 Å². The molecule has 30 heavy (non-hydrogen) atoms. The van der Waals surface area contributed by atoms with E-state index in [2.05, 4.69) is 20.6 Å². The van der Waals surface area contributed by atoms with E-state index in [1.54, 1.807) is 6.20 Å². The first-order valence-corrected chi connectivity index (χ1v) is 11.2. The van der Waals surface area contributed by atoms with Crippen molar-refractivity contribution < 1.29 is 14.4 Å². The summed E-state index contributed by atoms with van der Waals surface area (Å²) in [7, 11) is 0. The van der Waals surface area contributed by atoms with Crippen molar-refractivity contribution in [3.05, 3.63) is 53.8 Å². The first-order valence-electron chi connectivity index (χ1n) is 10.4. The van der Waals surface area contributed by atoms with E-state index in [0.29, 0.717) is 23.7 Å². The number of benzene rings is 1. The molecule has 6 rings (SSSR count). The van der Waals surface area contributed by atoms with Crippen molar-refractivity contribution >= 4 is 22.4 Å². The average molecular weight is 426 g/mol. The number of thiazole rings is 1. The Hall–Kier alpha value is -2.78. The fraction of sp³-hybridized carbons (Fsp3) is 0.429. The molecule has 5 heterocycles. The molecule has 3 aromatic rings. The summed E-state index contributed by atoms with van der Waals surface area (Å²) in [6.07, 6.45) is 5.84. The van der Waals surface area contributed by atoms with Gasteiger partial charge in [0.1, 0.15) is 24.1 Å². The zero-order valence-electron chi connectivity index (χ0n) is 16.6. The number of quaternary nitrogens is 1. The molecule has 2 bridgehead atoms. The molecule has 0 aliphatic carbocycles. The van der Waals surface area contributed by atoms with Crippen LogP contribution in [0.2, 0.25) is 0 Å². The van der Waals surface area contributed by atoms with Crippen LogP contribution >= 0.6 is 11.3 Å². The lowest BCUT2D eigenvalue weighted by molar-refractivity contribution is -0.945. The second kappa shape index (κ2) is 8.53. The molecular formula is C21H25N6O2S+. The highest BCUT2D eigenvalue weighted by Crippen LogP contribution is 2.28. The molecule has 8 nitrogen and oxygen atoms in total. The lowest BCUT2D eigenvalue weighted by atomic mass is 9.75. The van der Waals surface area contributed by atoms with E-state index in [0.717, 1.165) is 43.9 Å². The highest BCUT2D eigenvalue weighted by Gasteiger charge is 2.46. The van der Waals surface area contributed by atoms with Crippen LogP contribution in [0.4, 0.5) is 5.13 Å². The van der Waals surface area contributed by atoms with Gasteiger partial charge in [-0.05, 0) is 18.1 Å². The summed E-state index contributed by atoms with van der Waals surface area (Å²) in [6.45, 7) is 3.23. The highest BCUT2D eigenvalue weighted by atomic mass is 32.1. The van der Waals surface area contributed by atoms with Crippen molar-refractivity contribution in [2.45, 2.75) is 32.0 Å². The number of fused-ring (bicyclic) bond motifs is 3. The number of hydrogen-bond donors (Lipinski definition) is 2. The maximum Gasteiger partial charge on any atom is 0.235 e. The summed E-state index contributed by atoms with van der Waals surface area (Å²) in [4.78, 5) is 18.4. The van der Waals surface area contributed by atoms with Gasteiger partial charge in [-0.1, -0.05) is 23.4 Å². The van der Waals surface area contributed by atoms with Crippen LogP contribution in [0.1, 0.15) is 18.5 Å². The Balaban J connectivity index is 1.16. The Morgan fingerprint density at radius 2 is 2.23 bits per heavy atom. The number of carbonyl (C=O) groups excluding carboxylic acids is 1. The molecule has 156 valence electrons. The fourth-order valence-electron chi connectivity index (χ4n) is 4.70. The quantitative estimate of drug-likeness (QED) is 0.595. The molecular weight excluding hydrogens is 400 g/mol. The number of nitrogens with zero attached hydrogens (tertiary/aromatic N) is 4. The molecule has 0 spiro atoms. The summed E-state index contributed by atoms with van der Waals surface area (Å²) in [5.41, 5.74) is 0.825. The van der Waals surface area contributed by atoms with Crippen LogP contribution in [0.25, 0.3) is 0 Å². The monoisotopic (exact) mass is 425 g/mol. The molecule has 1 aromatic carbocycles. The molecule has 0 saturated carbocycles. The number of para-hydroxylation sites is 1. The normalized spacial score (nSPS) is 25.2. The highest BCUT2D eigenvalue weighted by molar-refractivity contribution is 7.13. The Kier molecular flexibility index (Phi) is 5.46. The van der Waals surface area contributed by atoms with Gasteiger partial charge in [-0.3, -0.25) is 4.79 Å². The Morgan fingerprint density at radius 3 is 3.00 bits per heavy atom. The van der Waals surface area contributed by atoms with Crippen LogP contribution < -0.4 is 15.0 Å². The van der Waals surface area contributed by atoms with Gasteiger partial charge >= 0.3 is 0 Å². The zero-order valence-corrected chi connectivity index (χ0v) is 17.4. The van der Waals surface area contributed by atoms with Gasteiger partial charge in [0.15, 0.2) is 5.13 Å². The van der Waals surface area contributed by atoms with Crippen molar-refractivity contribution in [2.24, 2.45) is 11.8 Å². The van der Waals surface area contributed by atoms with Gasteiger partial charge < -0.3 is 15.0 Å². The molecule has 3 saturated heterocycles. The first-order chi connectivity index (χ1) is 14.7. The number of nitrogens with one attached hydrogen (secondary N) is 2. The standard InChI is InChI=1S/C21H24N6O2S/c28-20(23-21-22-7-9-30-21)19-13-26-8-6-15(19)10-17(26)12-27-11-16(24-25-27)14-29-18-4-2-1-3-5-18/h1-5,7,9,11,15,17,19H,6,8,10,12-14H2,(H,22,23,28)/p+1/t15-,17-,19+/m1/s1. The van der Waals surface area contributed by atoms with Crippen molar-refractivity contribution in [1.82, 2.24) is 20.0 Å². The number of amides is 1. The molecule has 0 radical (unpaired) electrons. The molecule has 2 aromatic heterocycles. The lowest BCUT2D eigenvalue weighted by Gasteiger charge is -2.46. The first kappa shape index (κ1) is 19.2. The second-order valence-electron chi connectivity index (χ2n) is 8.06. The molecule has 3 fully saturated rings. The van der Waals surface area contributed by atoms with Crippen molar-refractivity contribution in [3.63, 3.8) is 0 Å². The maximum absolute atomic E-state index is 12.7. The molecule has 9 heteroatoms. The molecule has 3 aliphatic heterocycles. The molecule has 1 amide bonds. The second-order valence-corrected chi connectivity index (χ2v) is 8.95. The molecule has 4 atom stereocenters. The summed E-state index contributed by atoms with van der Waals surface area (Å²) in [5, 5.41) is 14.1. The van der Waals surface area contributed by atoms with Crippen LogP contribution in [0, 0.1) is 11.8 Å². The van der Waals surface area contributed by atoms with E-state index in [9.17, 15) is 4.79 Å². The van der Waals surface area contributed by atoms with Gasteiger partial charge in [0.25, 0.3) is 0 Å². The number of ether oxygens (including phenoxy) is 1. The van der Waals surface area contributed by atoms with E-state index >= 15 is 0 Å². The van der Waals surface area contributed by atoms with E-state index in [4.69, 9.17) is 4.74 Å². The third-order valence-electron chi connectivity index (χ3n) is 6.17. The number of hydrogen-bond acceptors (Lipinski definition) is 6. The number of carbonyl (C=O) groups is 1.